The molecular weight excluding hydrogens is 189 g/mol. The minimum absolute atomic E-state index is 0.0288. The van der Waals surface area contributed by atoms with E-state index in [1.54, 1.807) is 6.07 Å². The number of hydrogen-bond donors (Lipinski definition) is 1. The van der Waals surface area contributed by atoms with E-state index in [9.17, 15) is 4.39 Å². The summed E-state index contributed by atoms with van der Waals surface area (Å²) >= 11 is 0. The Balaban J connectivity index is 2.32. The molecule has 0 aliphatic heterocycles. The molecular formula is C13H18FN. The van der Waals surface area contributed by atoms with Crippen LogP contribution in [0.4, 0.5) is 4.39 Å². The van der Waals surface area contributed by atoms with Gasteiger partial charge in [0.05, 0.1) is 0 Å². The summed E-state index contributed by atoms with van der Waals surface area (Å²) in [4.78, 5) is 0. The second-order valence-electron chi connectivity index (χ2n) is 4.60. The van der Waals surface area contributed by atoms with Crippen LogP contribution in [-0.2, 0) is 19.3 Å². The summed E-state index contributed by atoms with van der Waals surface area (Å²) in [6.45, 7) is 1.92. The Morgan fingerprint density at radius 1 is 1.27 bits per heavy atom. The first-order valence-electron chi connectivity index (χ1n) is 5.72. The number of benzene rings is 1. The topological polar surface area (TPSA) is 26.0 Å². The molecule has 2 heteroatoms. The van der Waals surface area contributed by atoms with Crippen molar-refractivity contribution in [1.82, 2.24) is 0 Å². The quantitative estimate of drug-likeness (QED) is 0.792. The molecule has 0 bridgehead atoms. The Bertz CT molecular complexity index is 358. The summed E-state index contributed by atoms with van der Waals surface area (Å²) in [7, 11) is 0. The van der Waals surface area contributed by atoms with Crippen LogP contribution in [0.25, 0.3) is 0 Å². The summed E-state index contributed by atoms with van der Waals surface area (Å²) in [6.07, 6.45) is 5.20. The molecule has 0 spiro atoms. The Morgan fingerprint density at radius 3 is 2.47 bits per heavy atom. The number of hydrogen-bond acceptors (Lipinski definition) is 1. The van der Waals surface area contributed by atoms with E-state index in [2.05, 4.69) is 0 Å². The zero-order valence-corrected chi connectivity index (χ0v) is 9.22. The van der Waals surface area contributed by atoms with E-state index >= 15 is 0 Å². The lowest BCUT2D eigenvalue weighted by atomic mass is 9.89. The van der Waals surface area contributed by atoms with Crippen LogP contribution in [-0.4, -0.2) is 6.04 Å². The molecule has 0 fully saturated rings. The molecule has 0 saturated heterocycles. The molecule has 0 aromatic heterocycles. The molecule has 0 radical (unpaired) electrons. The smallest absolute Gasteiger partial charge is 0.126 e. The standard InChI is InChI=1S/C13H18FN/c1-9(15)6-12-7-10-4-2-3-5-11(10)8-13(12)14/h7-9H,2-6,15H2,1H3. The molecule has 0 amide bonds. The van der Waals surface area contributed by atoms with E-state index in [0.717, 1.165) is 18.4 Å². The van der Waals surface area contributed by atoms with Crippen molar-refractivity contribution in [1.29, 1.82) is 0 Å². The molecule has 1 aliphatic carbocycles. The highest BCUT2D eigenvalue weighted by Crippen LogP contribution is 2.24. The monoisotopic (exact) mass is 207 g/mol. The highest BCUT2D eigenvalue weighted by atomic mass is 19.1. The van der Waals surface area contributed by atoms with Crippen molar-refractivity contribution in [3.63, 3.8) is 0 Å². The van der Waals surface area contributed by atoms with E-state index < -0.39 is 0 Å². The Hall–Kier alpha value is -0.890. The van der Waals surface area contributed by atoms with E-state index in [4.69, 9.17) is 5.73 Å². The van der Waals surface area contributed by atoms with Crippen LogP contribution in [0.5, 0.6) is 0 Å². The number of rotatable bonds is 2. The zero-order chi connectivity index (χ0) is 10.8. The summed E-state index contributed by atoms with van der Waals surface area (Å²) in [5.41, 5.74) is 9.02. The van der Waals surface area contributed by atoms with Crippen LogP contribution < -0.4 is 5.73 Å². The van der Waals surface area contributed by atoms with Crippen LogP contribution in [0.3, 0.4) is 0 Å². The maximum Gasteiger partial charge on any atom is 0.126 e. The van der Waals surface area contributed by atoms with Crippen molar-refractivity contribution < 1.29 is 4.39 Å². The van der Waals surface area contributed by atoms with Gasteiger partial charge in [0.15, 0.2) is 0 Å². The molecule has 1 atom stereocenters. The third-order valence-electron chi connectivity index (χ3n) is 3.05. The predicted octanol–water partition coefficient (Wildman–Crippen LogP) is 2.59. The largest absolute Gasteiger partial charge is 0.328 e. The average Bonchev–Trinajstić information content (AvgIpc) is 2.18. The van der Waals surface area contributed by atoms with Crippen LogP contribution in [0.1, 0.15) is 36.5 Å². The van der Waals surface area contributed by atoms with E-state index in [1.165, 1.54) is 24.0 Å². The van der Waals surface area contributed by atoms with Crippen LogP contribution in [0.15, 0.2) is 12.1 Å². The van der Waals surface area contributed by atoms with Gasteiger partial charge in [-0.2, -0.15) is 0 Å². The fourth-order valence-corrected chi connectivity index (χ4v) is 2.31. The van der Waals surface area contributed by atoms with Crippen LogP contribution >= 0.6 is 0 Å². The van der Waals surface area contributed by atoms with Gasteiger partial charge in [-0.15, -0.1) is 0 Å². The first kappa shape index (κ1) is 10.6. The third-order valence-corrected chi connectivity index (χ3v) is 3.05. The Labute approximate surface area is 90.5 Å². The normalized spacial score (nSPS) is 17.3. The number of nitrogens with two attached hydrogens (primary N) is 1. The molecule has 1 unspecified atom stereocenters. The van der Waals surface area contributed by atoms with Gasteiger partial charge in [0.25, 0.3) is 0 Å². The molecule has 82 valence electrons. The average molecular weight is 207 g/mol. The van der Waals surface area contributed by atoms with Crippen LogP contribution in [0, 0.1) is 5.82 Å². The first-order valence-corrected chi connectivity index (χ1v) is 5.72. The van der Waals surface area contributed by atoms with Crippen molar-refractivity contribution in [3.8, 4) is 0 Å². The van der Waals surface area contributed by atoms with Gasteiger partial charge in [-0.1, -0.05) is 6.07 Å². The van der Waals surface area contributed by atoms with E-state index in [-0.39, 0.29) is 11.9 Å². The molecule has 0 saturated carbocycles. The van der Waals surface area contributed by atoms with Gasteiger partial charge in [-0.25, -0.2) is 4.39 Å². The predicted molar refractivity (Wildman–Crippen MR) is 60.4 cm³/mol. The van der Waals surface area contributed by atoms with E-state index in [1.807, 2.05) is 13.0 Å². The SMILES string of the molecule is CC(N)Cc1cc2c(cc1F)CCCC2. The van der Waals surface area contributed by atoms with Crippen molar-refractivity contribution in [2.24, 2.45) is 5.73 Å². The summed E-state index contributed by atoms with van der Waals surface area (Å²) in [5, 5.41) is 0. The highest BCUT2D eigenvalue weighted by Gasteiger charge is 2.13. The molecule has 1 aliphatic rings. The zero-order valence-electron chi connectivity index (χ0n) is 9.22. The maximum atomic E-state index is 13.7. The lowest BCUT2D eigenvalue weighted by Crippen LogP contribution is -2.19. The number of fused-ring (bicyclic) bond motifs is 1. The summed E-state index contributed by atoms with van der Waals surface area (Å²) in [5.74, 6) is -0.0760. The maximum absolute atomic E-state index is 13.7. The third kappa shape index (κ3) is 2.37. The van der Waals surface area contributed by atoms with Crippen molar-refractivity contribution in [3.05, 3.63) is 34.6 Å². The van der Waals surface area contributed by atoms with Gasteiger partial charge < -0.3 is 5.73 Å². The van der Waals surface area contributed by atoms with E-state index in [0.29, 0.717) is 6.42 Å². The van der Waals surface area contributed by atoms with Crippen molar-refractivity contribution in [2.45, 2.75) is 45.1 Å². The summed E-state index contributed by atoms with van der Waals surface area (Å²) < 4.78 is 13.7. The Morgan fingerprint density at radius 2 is 1.87 bits per heavy atom. The molecule has 2 rings (SSSR count). The number of halogens is 1. The number of aryl methyl sites for hydroxylation is 2. The van der Waals surface area contributed by atoms with Gasteiger partial charge in [0, 0.05) is 6.04 Å². The highest BCUT2D eigenvalue weighted by molar-refractivity contribution is 5.35. The van der Waals surface area contributed by atoms with Gasteiger partial charge in [-0.05, 0) is 61.8 Å². The fourth-order valence-electron chi connectivity index (χ4n) is 2.31. The van der Waals surface area contributed by atoms with Crippen molar-refractivity contribution >= 4 is 0 Å². The fraction of sp³-hybridized carbons (Fsp3) is 0.538. The Kier molecular flexibility index (Phi) is 3.06. The lowest BCUT2D eigenvalue weighted by Gasteiger charge is -2.18. The molecule has 1 aromatic rings. The molecule has 1 aromatic carbocycles. The molecule has 1 nitrogen and oxygen atoms in total. The molecule has 2 N–H and O–H groups in total. The summed E-state index contributed by atoms with van der Waals surface area (Å²) in [6, 6.07) is 3.76. The first-order chi connectivity index (χ1) is 7.16. The van der Waals surface area contributed by atoms with Crippen LogP contribution in [0.2, 0.25) is 0 Å². The van der Waals surface area contributed by atoms with Gasteiger partial charge in [-0.3, -0.25) is 0 Å². The second-order valence-corrected chi connectivity index (χ2v) is 4.60. The molecule has 0 heterocycles. The minimum atomic E-state index is -0.0760. The van der Waals surface area contributed by atoms with Gasteiger partial charge in [0.1, 0.15) is 5.82 Å². The van der Waals surface area contributed by atoms with Gasteiger partial charge >= 0.3 is 0 Å². The minimum Gasteiger partial charge on any atom is -0.328 e. The molecule has 15 heavy (non-hydrogen) atoms. The van der Waals surface area contributed by atoms with Crippen molar-refractivity contribution in [2.75, 3.05) is 0 Å². The lowest BCUT2D eigenvalue weighted by molar-refractivity contribution is 0.585. The second kappa shape index (κ2) is 4.31. The van der Waals surface area contributed by atoms with Gasteiger partial charge in [0.2, 0.25) is 0 Å².